The number of anilines is 2. The smallest absolute Gasteiger partial charge is 0.350 e. The minimum Gasteiger partial charge on any atom is -0.465 e. The van der Waals surface area contributed by atoms with Gasteiger partial charge in [0, 0.05) is 4.90 Å². The molecule has 162 valence electrons. The quantitative estimate of drug-likeness (QED) is 0.345. The van der Waals surface area contributed by atoms with E-state index >= 15 is 0 Å². The molecule has 0 saturated heterocycles. The molecule has 31 heavy (non-hydrogen) atoms. The Labute approximate surface area is 192 Å². The molecule has 0 aliphatic rings. The summed E-state index contributed by atoms with van der Waals surface area (Å²) in [7, 11) is -2.64. The molecule has 3 rings (SSSR count). The predicted molar refractivity (Wildman–Crippen MR) is 124 cm³/mol. The number of rotatable bonds is 8. The topological polar surface area (TPSA) is 102 Å². The summed E-state index contributed by atoms with van der Waals surface area (Å²) in [6, 6.07) is 14.5. The molecule has 11 heteroatoms. The third-order valence-corrected chi connectivity index (χ3v) is 7.76. The van der Waals surface area contributed by atoms with Gasteiger partial charge < -0.3 is 10.1 Å². The number of carbonyl (C=O) groups excluding carboxylic acids is 2. The zero-order chi connectivity index (χ0) is 22.4. The van der Waals surface area contributed by atoms with Gasteiger partial charge in [-0.3, -0.25) is 9.52 Å². The number of esters is 1. The normalized spacial score (nSPS) is 11.0. The van der Waals surface area contributed by atoms with E-state index in [1.54, 1.807) is 47.8 Å². The summed E-state index contributed by atoms with van der Waals surface area (Å²) in [5.41, 5.74) is 0.696. The minimum atomic E-state index is -3.91. The molecule has 0 spiro atoms. The molecule has 0 aliphatic heterocycles. The van der Waals surface area contributed by atoms with Crippen molar-refractivity contribution in [3.8, 4) is 0 Å². The molecule has 1 aromatic heterocycles. The highest BCUT2D eigenvalue weighted by atomic mass is 35.5. The van der Waals surface area contributed by atoms with Crippen molar-refractivity contribution in [2.24, 2.45) is 0 Å². The number of carbonyl (C=O) groups is 2. The molecule has 1 heterocycles. The first-order chi connectivity index (χ1) is 14.8. The molecule has 0 bridgehead atoms. The van der Waals surface area contributed by atoms with Crippen LogP contribution in [0.2, 0.25) is 5.02 Å². The summed E-state index contributed by atoms with van der Waals surface area (Å²) in [6.07, 6.45) is 0. The van der Waals surface area contributed by atoms with Gasteiger partial charge in [-0.25, -0.2) is 13.2 Å². The Morgan fingerprint density at radius 2 is 1.77 bits per heavy atom. The predicted octanol–water partition coefficient (Wildman–Crippen LogP) is 4.72. The number of para-hydroxylation sites is 1. The Hall–Kier alpha value is -2.53. The van der Waals surface area contributed by atoms with E-state index in [9.17, 15) is 18.0 Å². The third-order valence-electron chi connectivity index (χ3n) is 3.93. The highest BCUT2D eigenvalue weighted by Crippen LogP contribution is 2.31. The molecule has 7 nitrogen and oxygen atoms in total. The molecule has 0 unspecified atom stereocenters. The fourth-order valence-corrected chi connectivity index (χ4v) is 5.77. The van der Waals surface area contributed by atoms with Crippen LogP contribution < -0.4 is 10.0 Å². The zero-order valence-electron chi connectivity index (χ0n) is 16.1. The number of halogens is 1. The number of sulfonamides is 1. The lowest BCUT2D eigenvalue weighted by molar-refractivity contribution is -0.113. The maximum absolute atomic E-state index is 12.7. The molecule has 1 amide bonds. The van der Waals surface area contributed by atoms with Crippen LogP contribution in [-0.2, 0) is 19.6 Å². The summed E-state index contributed by atoms with van der Waals surface area (Å²) in [4.78, 5) is 24.9. The van der Waals surface area contributed by atoms with Gasteiger partial charge >= 0.3 is 5.97 Å². The van der Waals surface area contributed by atoms with Crippen molar-refractivity contribution in [3.63, 3.8) is 0 Å². The van der Waals surface area contributed by atoms with E-state index in [2.05, 4.69) is 10.0 Å². The summed E-state index contributed by atoms with van der Waals surface area (Å²) in [6.45, 7) is 0. The highest BCUT2D eigenvalue weighted by molar-refractivity contribution is 8.00. The molecule has 0 fully saturated rings. The van der Waals surface area contributed by atoms with Crippen LogP contribution in [-0.4, -0.2) is 33.2 Å². The van der Waals surface area contributed by atoms with Crippen molar-refractivity contribution >= 4 is 68.0 Å². The van der Waals surface area contributed by atoms with Gasteiger partial charge in [0.15, 0.2) is 0 Å². The monoisotopic (exact) mass is 496 g/mol. The SMILES string of the molecule is COC(=O)c1sccc1NC(=O)CSc1ccccc1NS(=O)(=O)c1ccccc1Cl. The average Bonchev–Trinajstić information content (AvgIpc) is 3.20. The van der Waals surface area contributed by atoms with Gasteiger partial charge in [-0.15, -0.1) is 23.1 Å². The van der Waals surface area contributed by atoms with Crippen molar-refractivity contribution in [2.75, 3.05) is 22.9 Å². The van der Waals surface area contributed by atoms with Crippen molar-refractivity contribution in [1.82, 2.24) is 0 Å². The number of thiophene rings is 1. The second-order valence-electron chi connectivity index (χ2n) is 6.02. The van der Waals surface area contributed by atoms with Gasteiger partial charge in [0.2, 0.25) is 5.91 Å². The first kappa shape index (κ1) is 23.1. The summed E-state index contributed by atoms with van der Waals surface area (Å²) in [5, 5.41) is 4.45. The number of nitrogens with one attached hydrogen (secondary N) is 2. The second-order valence-corrected chi connectivity index (χ2v) is 10.0. The number of thioether (sulfide) groups is 1. The van der Waals surface area contributed by atoms with Gasteiger partial charge in [-0.1, -0.05) is 35.9 Å². The number of amides is 1. The molecule has 0 aliphatic carbocycles. The lowest BCUT2D eigenvalue weighted by Crippen LogP contribution is -2.16. The molecule has 2 N–H and O–H groups in total. The van der Waals surface area contributed by atoms with E-state index in [1.165, 1.54) is 19.2 Å². The van der Waals surface area contributed by atoms with Gasteiger partial charge in [-0.2, -0.15) is 0 Å². The van der Waals surface area contributed by atoms with Gasteiger partial charge in [0.1, 0.15) is 9.77 Å². The Kier molecular flexibility index (Phi) is 7.60. The Bertz CT molecular complexity index is 1210. The molecular weight excluding hydrogens is 480 g/mol. The third kappa shape index (κ3) is 5.79. The van der Waals surface area contributed by atoms with E-state index in [0.717, 1.165) is 23.1 Å². The van der Waals surface area contributed by atoms with Gasteiger partial charge in [0.25, 0.3) is 10.0 Å². The zero-order valence-corrected chi connectivity index (χ0v) is 19.3. The number of hydrogen-bond donors (Lipinski definition) is 2. The lowest BCUT2D eigenvalue weighted by Gasteiger charge is -2.13. The number of ether oxygens (including phenoxy) is 1. The maximum Gasteiger partial charge on any atom is 0.350 e. The van der Waals surface area contributed by atoms with Crippen LogP contribution in [0.5, 0.6) is 0 Å². The van der Waals surface area contributed by atoms with Gasteiger partial charge in [0.05, 0.1) is 29.3 Å². The van der Waals surface area contributed by atoms with E-state index in [-0.39, 0.29) is 21.6 Å². The van der Waals surface area contributed by atoms with Crippen molar-refractivity contribution in [3.05, 3.63) is 69.9 Å². The Morgan fingerprint density at radius 3 is 2.52 bits per heavy atom. The fraction of sp³-hybridized carbons (Fsp3) is 0.100. The molecule has 0 saturated carbocycles. The van der Waals surface area contributed by atoms with E-state index in [4.69, 9.17) is 16.3 Å². The largest absolute Gasteiger partial charge is 0.465 e. The van der Waals surface area contributed by atoms with Crippen LogP contribution in [0.3, 0.4) is 0 Å². The average molecular weight is 497 g/mol. The summed E-state index contributed by atoms with van der Waals surface area (Å²) < 4.78 is 32.7. The summed E-state index contributed by atoms with van der Waals surface area (Å²) >= 11 is 8.34. The number of hydrogen-bond acceptors (Lipinski definition) is 7. The minimum absolute atomic E-state index is 0.00128. The van der Waals surface area contributed by atoms with Crippen LogP contribution >= 0.6 is 34.7 Å². The molecule has 2 aromatic carbocycles. The summed E-state index contributed by atoms with van der Waals surface area (Å²) in [5.74, 6) is -0.879. The van der Waals surface area contributed by atoms with Crippen molar-refractivity contribution in [1.29, 1.82) is 0 Å². The van der Waals surface area contributed by atoms with E-state index in [0.29, 0.717) is 21.1 Å². The van der Waals surface area contributed by atoms with Crippen LogP contribution in [0.15, 0.2) is 69.8 Å². The first-order valence-electron chi connectivity index (χ1n) is 8.76. The standard InChI is InChI=1S/C20H17ClN2O5S3/c1-28-20(25)19-15(10-11-29-19)22-18(24)12-30-16-8-4-3-7-14(16)23-31(26,27)17-9-5-2-6-13(17)21/h2-11,23H,12H2,1H3,(H,22,24). The van der Waals surface area contributed by atoms with Crippen LogP contribution in [0.25, 0.3) is 0 Å². The van der Waals surface area contributed by atoms with Crippen LogP contribution in [0, 0.1) is 0 Å². The van der Waals surface area contributed by atoms with E-state index in [1.807, 2.05) is 0 Å². The van der Waals surface area contributed by atoms with E-state index < -0.39 is 16.0 Å². The molecule has 0 atom stereocenters. The van der Waals surface area contributed by atoms with Crippen LogP contribution in [0.4, 0.5) is 11.4 Å². The number of benzene rings is 2. The first-order valence-corrected chi connectivity index (χ1v) is 12.5. The molecular formula is C20H17ClN2O5S3. The Morgan fingerprint density at radius 1 is 1.06 bits per heavy atom. The lowest BCUT2D eigenvalue weighted by atomic mass is 10.3. The van der Waals surface area contributed by atoms with Crippen LogP contribution in [0.1, 0.15) is 9.67 Å². The van der Waals surface area contributed by atoms with Crippen molar-refractivity contribution in [2.45, 2.75) is 9.79 Å². The molecule has 0 radical (unpaired) electrons. The fourth-order valence-electron chi connectivity index (χ4n) is 2.53. The number of methoxy groups -OCH3 is 1. The molecule has 3 aromatic rings. The Balaban J connectivity index is 1.70. The second kappa shape index (κ2) is 10.2. The highest BCUT2D eigenvalue weighted by Gasteiger charge is 2.20. The maximum atomic E-state index is 12.7. The van der Waals surface area contributed by atoms with Crippen molar-refractivity contribution < 1.29 is 22.7 Å². The van der Waals surface area contributed by atoms with Gasteiger partial charge in [-0.05, 0) is 35.7 Å².